The maximum absolute atomic E-state index is 13.7. The van der Waals surface area contributed by atoms with Gasteiger partial charge in [-0.15, -0.1) is 0 Å². The second-order valence-electron chi connectivity index (χ2n) is 6.46. The summed E-state index contributed by atoms with van der Waals surface area (Å²) in [7, 11) is 0. The minimum absolute atomic E-state index is 0.345. The number of fused-ring (bicyclic) bond motifs is 1. The zero-order chi connectivity index (χ0) is 16.8. The lowest BCUT2D eigenvalue weighted by Crippen LogP contribution is -2.17. The molecule has 1 aliphatic rings. The van der Waals surface area contributed by atoms with Crippen molar-refractivity contribution in [3.8, 4) is 22.6 Å². The molecule has 1 aromatic carbocycles. The summed E-state index contributed by atoms with van der Waals surface area (Å²) in [6, 6.07) is 10.0. The van der Waals surface area contributed by atoms with Gasteiger partial charge in [0.25, 0.3) is 0 Å². The fourth-order valence-electron chi connectivity index (χ4n) is 3.43. The minimum Gasteiger partial charge on any atom is -0.321 e. The lowest BCUT2D eigenvalue weighted by atomic mass is 9.92. The predicted molar refractivity (Wildman–Crippen MR) is 93.4 cm³/mol. The number of H-pyrrole nitrogens is 1. The first-order chi connectivity index (χ1) is 12.3. The van der Waals surface area contributed by atoms with E-state index >= 15 is 0 Å². The SMILES string of the molecule is Fc1cncc(-c2nc3ccc(-c4ccn[nH]4)cc3n2C2CCC2)c1. The van der Waals surface area contributed by atoms with Gasteiger partial charge in [0, 0.05) is 29.6 Å². The lowest BCUT2D eigenvalue weighted by Gasteiger charge is -2.29. The maximum Gasteiger partial charge on any atom is 0.143 e. The van der Waals surface area contributed by atoms with Crippen molar-refractivity contribution in [3.63, 3.8) is 0 Å². The van der Waals surface area contributed by atoms with E-state index in [1.54, 1.807) is 12.4 Å². The third-order valence-corrected chi connectivity index (χ3v) is 4.90. The molecule has 0 amide bonds. The van der Waals surface area contributed by atoms with Gasteiger partial charge < -0.3 is 4.57 Å². The molecule has 0 atom stereocenters. The highest BCUT2D eigenvalue weighted by atomic mass is 19.1. The zero-order valence-corrected chi connectivity index (χ0v) is 13.5. The van der Waals surface area contributed by atoms with Crippen LogP contribution in [0, 0.1) is 5.82 Å². The number of nitrogens with zero attached hydrogens (tertiary/aromatic N) is 4. The van der Waals surface area contributed by atoms with E-state index in [-0.39, 0.29) is 5.82 Å². The Bertz CT molecular complexity index is 1050. The van der Waals surface area contributed by atoms with Gasteiger partial charge in [-0.2, -0.15) is 5.10 Å². The van der Waals surface area contributed by atoms with Crippen molar-refractivity contribution in [1.82, 2.24) is 24.7 Å². The molecule has 0 radical (unpaired) electrons. The first-order valence-electron chi connectivity index (χ1n) is 8.42. The van der Waals surface area contributed by atoms with Crippen LogP contribution in [0.15, 0.2) is 48.9 Å². The summed E-state index contributed by atoms with van der Waals surface area (Å²) in [5.74, 6) is 0.441. The van der Waals surface area contributed by atoms with Crippen molar-refractivity contribution in [1.29, 1.82) is 0 Å². The van der Waals surface area contributed by atoms with Crippen LogP contribution in [0.3, 0.4) is 0 Å². The molecule has 0 saturated heterocycles. The van der Waals surface area contributed by atoms with Gasteiger partial charge in [-0.3, -0.25) is 10.1 Å². The number of imidazole rings is 1. The van der Waals surface area contributed by atoms with Crippen molar-refractivity contribution < 1.29 is 4.39 Å². The van der Waals surface area contributed by atoms with Crippen molar-refractivity contribution in [2.24, 2.45) is 0 Å². The number of rotatable bonds is 3. The van der Waals surface area contributed by atoms with Crippen molar-refractivity contribution in [2.45, 2.75) is 25.3 Å². The normalized spacial score (nSPS) is 14.8. The Morgan fingerprint density at radius 1 is 1.08 bits per heavy atom. The van der Waals surface area contributed by atoms with Gasteiger partial charge in [0.05, 0.1) is 22.9 Å². The van der Waals surface area contributed by atoms with Crippen molar-refractivity contribution >= 4 is 11.0 Å². The number of benzene rings is 1. The van der Waals surface area contributed by atoms with E-state index in [4.69, 9.17) is 4.98 Å². The first kappa shape index (κ1) is 14.3. The Morgan fingerprint density at radius 2 is 2.00 bits per heavy atom. The molecule has 5 nitrogen and oxygen atoms in total. The van der Waals surface area contributed by atoms with E-state index in [9.17, 15) is 4.39 Å². The second kappa shape index (κ2) is 5.51. The number of pyridine rings is 1. The molecule has 4 aromatic rings. The Kier molecular flexibility index (Phi) is 3.16. The highest BCUT2D eigenvalue weighted by Crippen LogP contribution is 2.39. The molecule has 1 aliphatic carbocycles. The van der Waals surface area contributed by atoms with Gasteiger partial charge in [-0.05, 0) is 43.5 Å². The molecule has 25 heavy (non-hydrogen) atoms. The van der Waals surface area contributed by atoms with E-state index < -0.39 is 0 Å². The Labute approximate surface area is 143 Å². The summed E-state index contributed by atoms with van der Waals surface area (Å²) >= 11 is 0. The molecule has 3 heterocycles. The fourth-order valence-corrected chi connectivity index (χ4v) is 3.43. The van der Waals surface area contributed by atoms with Crippen molar-refractivity contribution in [2.75, 3.05) is 0 Å². The van der Waals surface area contributed by atoms with Crippen LogP contribution in [0.4, 0.5) is 4.39 Å². The largest absolute Gasteiger partial charge is 0.321 e. The van der Waals surface area contributed by atoms with E-state index in [1.165, 1.54) is 18.7 Å². The number of hydrogen-bond acceptors (Lipinski definition) is 3. The van der Waals surface area contributed by atoms with E-state index in [0.717, 1.165) is 41.0 Å². The van der Waals surface area contributed by atoms with Gasteiger partial charge in [0.15, 0.2) is 0 Å². The van der Waals surface area contributed by atoms with Crippen molar-refractivity contribution in [3.05, 3.63) is 54.7 Å². The summed E-state index contributed by atoms with van der Waals surface area (Å²) in [4.78, 5) is 8.77. The number of aromatic amines is 1. The second-order valence-corrected chi connectivity index (χ2v) is 6.46. The summed E-state index contributed by atoms with van der Waals surface area (Å²) < 4.78 is 15.9. The van der Waals surface area contributed by atoms with Crippen LogP contribution >= 0.6 is 0 Å². The fraction of sp³-hybridized carbons (Fsp3) is 0.211. The highest BCUT2D eigenvalue weighted by Gasteiger charge is 2.25. The van der Waals surface area contributed by atoms with Crippen LogP contribution < -0.4 is 0 Å². The molecule has 1 N–H and O–H groups in total. The quantitative estimate of drug-likeness (QED) is 0.606. The molecule has 6 heteroatoms. The summed E-state index contributed by atoms with van der Waals surface area (Å²) in [6.45, 7) is 0. The molecule has 124 valence electrons. The van der Waals surface area contributed by atoms with E-state index in [2.05, 4.69) is 25.8 Å². The molecule has 0 bridgehead atoms. The van der Waals surface area contributed by atoms with E-state index in [1.807, 2.05) is 18.2 Å². The van der Waals surface area contributed by atoms with Crippen LogP contribution in [-0.2, 0) is 0 Å². The Hall–Kier alpha value is -3.02. The maximum atomic E-state index is 13.7. The number of aromatic nitrogens is 5. The molecule has 1 fully saturated rings. The first-order valence-corrected chi connectivity index (χ1v) is 8.42. The van der Waals surface area contributed by atoms with Gasteiger partial charge in [0.2, 0.25) is 0 Å². The number of nitrogens with one attached hydrogen (secondary N) is 1. The zero-order valence-electron chi connectivity index (χ0n) is 13.5. The predicted octanol–water partition coefficient (Wildman–Crippen LogP) is 4.35. The minimum atomic E-state index is -0.345. The van der Waals surface area contributed by atoms with Crippen LogP contribution in [-0.4, -0.2) is 24.7 Å². The standard InChI is InChI=1S/C19H16FN5/c20-14-8-13(10-21-11-14)19-23-17-5-4-12(16-6-7-22-24-16)9-18(17)25(19)15-2-1-3-15/h4-11,15H,1-3H2,(H,22,24). The molecule has 0 aliphatic heterocycles. The Balaban J connectivity index is 1.74. The average Bonchev–Trinajstić information content (AvgIpc) is 3.21. The molecule has 1 saturated carbocycles. The summed E-state index contributed by atoms with van der Waals surface area (Å²) in [5, 5.41) is 7.03. The summed E-state index contributed by atoms with van der Waals surface area (Å²) in [5.41, 5.74) is 4.73. The van der Waals surface area contributed by atoms with Gasteiger partial charge in [-0.25, -0.2) is 9.37 Å². The highest BCUT2D eigenvalue weighted by molar-refractivity contribution is 5.85. The molecule has 5 rings (SSSR count). The third kappa shape index (κ3) is 2.33. The monoisotopic (exact) mass is 333 g/mol. The average molecular weight is 333 g/mol. The van der Waals surface area contributed by atoms with Crippen LogP contribution in [0.2, 0.25) is 0 Å². The van der Waals surface area contributed by atoms with Crippen LogP contribution in [0.5, 0.6) is 0 Å². The number of hydrogen-bond donors (Lipinski definition) is 1. The van der Waals surface area contributed by atoms with Crippen LogP contribution in [0.1, 0.15) is 25.3 Å². The van der Waals surface area contributed by atoms with Gasteiger partial charge in [-0.1, -0.05) is 6.07 Å². The molecule has 0 spiro atoms. The molecule has 0 unspecified atom stereocenters. The molecule has 3 aromatic heterocycles. The summed E-state index contributed by atoms with van der Waals surface area (Å²) in [6.07, 6.45) is 8.09. The van der Waals surface area contributed by atoms with Gasteiger partial charge >= 0.3 is 0 Å². The Morgan fingerprint density at radius 3 is 2.72 bits per heavy atom. The molecular formula is C19H16FN5. The third-order valence-electron chi connectivity index (χ3n) is 4.90. The lowest BCUT2D eigenvalue weighted by molar-refractivity contribution is 0.323. The smallest absolute Gasteiger partial charge is 0.143 e. The number of halogens is 1. The van der Waals surface area contributed by atoms with Gasteiger partial charge in [0.1, 0.15) is 11.6 Å². The van der Waals surface area contributed by atoms with Crippen LogP contribution in [0.25, 0.3) is 33.7 Å². The van der Waals surface area contributed by atoms with E-state index in [0.29, 0.717) is 11.6 Å². The molecular weight excluding hydrogens is 317 g/mol. The topological polar surface area (TPSA) is 59.4 Å².